The lowest BCUT2D eigenvalue weighted by Crippen LogP contribution is -2.10. The molecule has 5 heteroatoms. The van der Waals surface area contributed by atoms with Crippen molar-refractivity contribution >= 4 is 120 Å². The first-order valence-corrected chi connectivity index (χ1v) is 35.3. The Morgan fingerprint density at radius 2 is 0.414 bits per heavy atom. The smallest absolute Gasteiger partial charge is 0.0468 e. The molecule has 0 saturated heterocycles. The van der Waals surface area contributed by atoms with Crippen LogP contribution in [0.2, 0.25) is 0 Å². The zero-order chi connectivity index (χ0) is 67.9. The van der Waals surface area contributed by atoms with Crippen LogP contribution in [0, 0.1) is 41.5 Å². The van der Waals surface area contributed by atoms with Crippen molar-refractivity contribution in [2.45, 2.75) is 41.5 Å². The molecule has 0 spiro atoms. The number of fused-ring (bicyclic) bond motifs is 4. The Bertz CT molecular complexity index is 5030. The van der Waals surface area contributed by atoms with E-state index in [0.717, 1.165) is 54.4 Å². The molecule has 0 aliphatic rings. The summed E-state index contributed by atoms with van der Waals surface area (Å²) in [5.41, 5.74) is 26.4. The van der Waals surface area contributed by atoms with Crippen molar-refractivity contribution in [3.8, 4) is 44.5 Å². The number of nitrogens with zero attached hydrogens (tertiary/aromatic N) is 2. The van der Waals surface area contributed by atoms with E-state index in [1.807, 2.05) is 0 Å². The highest BCUT2D eigenvalue weighted by Crippen LogP contribution is 2.50. The molecule has 0 aliphatic carbocycles. The molecule has 3 nitrogen and oxygen atoms in total. The van der Waals surface area contributed by atoms with Crippen LogP contribution in [0.25, 0.3) is 87.6 Å². The molecule has 0 aliphatic heterocycles. The Hall–Kier alpha value is -11.1. The summed E-state index contributed by atoms with van der Waals surface area (Å²) < 4.78 is 2.18. The molecule has 0 fully saturated rings. The lowest BCUT2D eigenvalue weighted by molar-refractivity contribution is 1.27. The molecule has 0 saturated carbocycles. The summed E-state index contributed by atoms with van der Waals surface area (Å²) in [6, 6.07) is 123. The summed E-state index contributed by atoms with van der Waals surface area (Å²) in [7, 11) is 0. The van der Waals surface area contributed by atoms with Crippen LogP contribution in [0.5, 0.6) is 0 Å². The Morgan fingerprint density at radius 3 is 0.667 bits per heavy atom. The van der Waals surface area contributed by atoms with E-state index in [1.165, 1.54) is 121 Å². The van der Waals surface area contributed by atoms with Crippen LogP contribution in [0.3, 0.4) is 0 Å². The second kappa shape index (κ2) is 29.3. The number of anilines is 8. The fraction of sp³-hybridized carbons (Fsp3) is 0.0638. The van der Waals surface area contributed by atoms with E-state index in [1.54, 1.807) is 0 Å². The number of benzene rings is 16. The van der Waals surface area contributed by atoms with E-state index in [4.69, 9.17) is 0 Å². The van der Waals surface area contributed by atoms with E-state index in [9.17, 15) is 0 Å². The maximum Gasteiger partial charge on any atom is 0.0468 e. The summed E-state index contributed by atoms with van der Waals surface area (Å²) in [6.07, 6.45) is 0. The van der Waals surface area contributed by atoms with Gasteiger partial charge in [-0.15, -0.1) is 0 Å². The standard InChI is InChI=1S/C54H44N2.C26H16Br2.C14H15N/c1-37-15-23-43(24-16-37)55(44-25-17-38(2)18-26-44)47-31-33-49-51(35-47)53(41-11-7-5-8-12-41)50-34-32-48(36-52(50)54(49)42-13-9-6-10-14-42)56(45-27-19-39(3)20-28-45)46-29-21-40(4)22-30-46;27-19-12-14-22-23(15-19)25(17-7-3-1-4-8-17)21-13-11-20(28)16-24(21)26(22)18-9-5-2-6-10-18;1-11-3-7-13(8-4-11)15-14-9-5-12(2)6-10-14/h5-36H,1-4H3;1-16H;3-10,15H,1-2H3. The predicted molar refractivity (Wildman–Crippen MR) is 434 cm³/mol. The third kappa shape index (κ3) is 14.4. The molecule has 0 unspecified atom stereocenters. The molecule has 0 bridgehead atoms. The number of halogens is 2. The van der Waals surface area contributed by atoms with Crippen LogP contribution in [0.1, 0.15) is 33.4 Å². The van der Waals surface area contributed by atoms with Crippen molar-refractivity contribution in [2.24, 2.45) is 0 Å². The van der Waals surface area contributed by atoms with Gasteiger partial charge in [0.2, 0.25) is 0 Å². The number of nitrogens with one attached hydrogen (secondary N) is 1. The monoisotopic (exact) mass is 1400 g/mol. The number of hydrogen-bond acceptors (Lipinski definition) is 3. The van der Waals surface area contributed by atoms with E-state index >= 15 is 0 Å². The van der Waals surface area contributed by atoms with Crippen molar-refractivity contribution in [1.29, 1.82) is 0 Å². The van der Waals surface area contributed by atoms with Crippen LogP contribution in [-0.4, -0.2) is 0 Å². The quantitative estimate of drug-likeness (QED) is 0.123. The fourth-order valence-corrected chi connectivity index (χ4v) is 14.2. The van der Waals surface area contributed by atoms with Crippen molar-refractivity contribution in [3.05, 3.63) is 382 Å². The molecule has 99 heavy (non-hydrogen) atoms. The lowest BCUT2D eigenvalue weighted by atomic mass is 9.85. The summed E-state index contributed by atoms with van der Waals surface area (Å²) in [5.74, 6) is 0. The average molecular weight is 1410 g/mol. The van der Waals surface area contributed by atoms with Gasteiger partial charge >= 0.3 is 0 Å². The highest BCUT2D eigenvalue weighted by Gasteiger charge is 2.23. The van der Waals surface area contributed by atoms with Gasteiger partial charge in [0.1, 0.15) is 0 Å². The molecular formula is C94H75Br2N3. The van der Waals surface area contributed by atoms with Crippen molar-refractivity contribution in [3.63, 3.8) is 0 Å². The number of aryl methyl sites for hydroxylation is 6. The molecule has 0 amide bonds. The molecular weight excluding hydrogens is 1330 g/mol. The second-order valence-corrected chi connectivity index (χ2v) is 27.5. The van der Waals surface area contributed by atoms with Gasteiger partial charge in [0.05, 0.1) is 0 Å². The minimum Gasteiger partial charge on any atom is -0.356 e. The number of hydrogen-bond donors (Lipinski definition) is 1. The van der Waals surface area contributed by atoms with Gasteiger partial charge in [0, 0.05) is 54.4 Å². The van der Waals surface area contributed by atoms with Gasteiger partial charge in [0.15, 0.2) is 0 Å². The molecule has 16 aromatic carbocycles. The van der Waals surface area contributed by atoms with Crippen molar-refractivity contribution in [1.82, 2.24) is 0 Å². The van der Waals surface area contributed by atoms with E-state index in [-0.39, 0.29) is 0 Å². The molecule has 480 valence electrons. The Morgan fingerprint density at radius 1 is 0.202 bits per heavy atom. The maximum absolute atomic E-state index is 3.69. The Balaban J connectivity index is 0.000000159. The van der Waals surface area contributed by atoms with Gasteiger partial charge in [-0.05, 0) is 250 Å². The van der Waals surface area contributed by atoms with Crippen LogP contribution < -0.4 is 15.1 Å². The molecule has 1 N–H and O–H groups in total. The van der Waals surface area contributed by atoms with E-state index in [0.29, 0.717) is 0 Å². The molecule has 16 aromatic rings. The SMILES string of the molecule is Brc1ccc2c(-c3ccccc3)c3cc(Br)ccc3c(-c3ccccc3)c2c1.Cc1ccc(N(c2ccc(C)cc2)c2ccc3c(-c4ccccc4)c4cc(N(c5ccc(C)cc5)c5ccc(C)cc5)ccc4c(-c4ccccc4)c3c2)cc1.Cc1ccc(Nc2ccc(C)cc2)cc1. The van der Waals surface area contributed by atoms with Gasteiger partial charge in [0.25, 0.3) is 0 Å². The average Bonchev–Trinajstić information content (AvgIpc) is 0.735. The van der Waals surface area contributed by atoms with Crippen LogP contribution in [-0.2, 0) is 0 Å². The predicted octanol–water partition coefficient (Wildman–Crippen LogP) is 28.4. The highest BCUT2D eigenvalue weighted by atomic mass is 79.9. The van der Waals surface area contributed by atoms with Gasteiger partial charge in [-0.1, -0.05) is 284 Å². The van der Waals surface area contributed by atoms with Gasteiger partial charge in [-0.25, -0.2) is 0 Å². The highest BCUT2D eigenvalue weighted by molar-refractivity contribution is 9.10. The first kappa shape index (κ1) is 65.2. The van der Waals surface area contributed by atoms with Crippen molar-refractivity contribution in [2.75, 3.05) is 15.1 Å². The molecule has 0 atom stereocenters. The van der Waals surface area contributed by atoms with E-state index in [2.05, 4.69) is 428 Å². The zero-order valence-electron chi connectivity index (χ0n) is 56.5. The Kier molecular flexibility index (Phi) is 19.3. The second-order valence-electron chi connectivity index (χ2n) is 25.7. The summed E-state index contributed by atoms with van der Waals surface area (Å²) in [5, 5.41) is 13.3. The van der Waals surface area contributed by atoms with Crippen LogP contribution >= 0.6 is 31.9 Å². The summed E-state index contributed by atoms with van der Waals surface area (Å²) in [6.45, 7) is 12.8. The maximum atomic E-state index is 3.69. The normalized spacial score (nSPS) is 11.0. The topological polar surface area (TPSA) is 18.5 Å². The summed E-state index contributed by atoms with van der Waals surface area (Å²) in [4.78, 5) is 4.76. The van der Waals surface area contributed by atoms with Gasteiger partial charge in [-0.3, -0.25) is 0 Å². The Labute approximate surface area is 599 Å². The van der Waals surface area contributed by atoms with Crippen LogP contribution in [0.4, 0.5) is 45.5 Å². The molecule has 16 rings (SSSR count). The van der Waals surface area contributed by atoms with Gasteiger partial charge < -0.3 is 15.1 Å². The van der Waals surface area contributed by atoms with Crippen molar-refractivity contribution < 1.29 is 0 Å². The molecule has 0 radical (unpaired) electrons. The fourth-order valence-electron chi connectivity index (χ4n) is 13.4. The first-order valence-electron chi connectivity index (χ1n) is 33.7. The third-order valence-electron chi connectivity index (χ3n) is 18.5. The van der Waals surface area contributed by atoms with Crippen LogP contribution in [0.15, 0.2) is 349 Å². The largest absolute Gasteiger partial charge is 0.356 e. The van der Waals surface area contributed by atoms with E-state index < -0.39 is 0 Å². The minimum absolute atomic E-state index is 1.09. The molecule has 0 heterocycles. The first-order chi connectivity index (χ1) is 48.4. The third-order valence-corrected chi connectivity index (χ3v) is 19.4. The zero-order valence-corrected chi connectivity index (χ0v) is 59.7. The summed E-state index contributed by atoms with van der Waals surface area (Å²) >= 11 is 7.38. The molecule has 0 aromatic heterocycles. The minimum atomic E-state index is 1.09. The lowest BCUT2D eigenvalue weighted by Gasteiger charge is -2.28. The van der Waals surface area contributed by atoms with Gasteiger partial charge in [-0.2, -0.15) is 0 Å². The number of rotatable bonds is 12.